The van der Waals surface area contributed by atoms with Gasteiger partial charge in [0.05, 0.1) is 6.10 Å². The molecule has 1 rings (SSSR count). The van der Waals surface area contributed by atoms with Crippen LogP contribution in [0.3, 0.4) is 0 Å². The lowest BCUT2D eigenvalue weighted by Gasteiger charge is -2.25. The summed E-state index contributed by atoms with van der Waals surface area (Å²) in [5, 5.41) is 7.90. The summed E-state index contributed by atoms with van der Waals surface area (Å²) in [6.45, 7) is 5.34. The Morgan fingerprint density at radius 1 is 1.44 bits per heavy atom. The molecule has 1 N–H and O–H groups in total. The van der Waals surface area contributed by atoms with Crippen molar-refractivity contribution in [2.45, 2.75) is 45.3 Å². The molecule has 0 bridgehead atoms. The van der Waals surface area contributed by atoms with Gasteiger partial charge in [-0.2, -0.15) is 11.3 Å². The van der Waals surface area contributed by atoms with Crippen LogP contribution in [-0.2, 0) is 11.2 Å². The summed E-state index contributed by atoms with van der Waals surface area (Å²) in [6.07, 6.45) is 3.69. The van der Waals surface area contributed by atoms with Gasteiger partial charge in [-0.1, -0.05) is 13.8 Å². The molecule has 1 aromatic heterocycles. The van der Waals surface area contributed by atoms with Crippen LogP contribution in [0.1, 0.15) is 32.3 Å². The minimum atomic E-state index is 0.332. The molecule has 0 aliphatic rings. The topological polar surface area (TPSA) is 21.3 Å². The van der Waals surface area contributed by atoms with E-state index in [0.717, 1.165) is 25.8 Å². The van der Waals surface area contributed by atoms with Crippen LogP contribution >= 0.6 is 11.3 Å². The molecule has 2 unspecified atom stereocenters. The van der Waals surface area contributed by atoms with Gasteiger partial charge in [0.1, 0.15) is 0 Å². The number of likely N-dealkylation sites (N-methyl/N-ethyl adjacent to an activating group) is 1. The van der Waals surface area contributed by atoms with Crippen molar-refractivity contribution in [3.05, 3.63) is 22.4 Å². The monoisotopic (exact) mass is 241 g/mol. The third kappa shape index (κ3) is 4.24. The highest BCUT2D eigenvalue weighted by Gasteiger charge is 2.18. The Morgan fingerprint density at radius 2 is 2.25 bits per heavy atom. The third-order valence-electron chi connectivity index (χ3n) is 2.94. The van der Waals surface area contributed by atoms with E-state index in [1.165, 1.54) is 5.56 Å². The zero-order valence-electron chi connectivity index (χ0n) is 10.5. The number of ether oxygens (including phenoxy) is 1. The maximum absolute atomic E-state index is 5.52. The van der Waals surface area contributed by atoms with Gasteiger partial charge in [-0.15, -0.1) is 0 Å². The summed E-state index contributed by atoms with van der Waals surface area (Å²) in [7, 11) is 1.81. The normalized spacial score (nSPS) is 14.9. The van der Waals surface area contributed by atoms with Crippen LogP contribution in [-0.4, -0.2) is 25.8 Å². The van der Waals surface area contributed by atoms with Crippen molar-refractivity contribution in [1.29, 1.82) is 0 Å². The maximum atomic E-state index is 5.52. The standard InChI is InChI=1S/C13H23NOS/c1-4-13(15-3)12(14-5-2)7-6-11-8-9-16-10-11/h8-10,12-14H,4-7H2,1-3H3. The van der Waals surface area contributed by atoms with Gasteiger partial charge in [0.25, 0.3) is 0 Å². The van der Waals surface area contributed by atoms with Crippen molar-refractivity contribution in [3.63, 3.8) is 0 Å². The highest BCUT2D eigenvalue weighted by Crippen LogP contribution is 2.13. The van der Waals surface area contributed by atoms with Gasteiger partial charge >= 0.3 is 0 Å². The molecule has 0 aliphatic carbocycles. The second kappa shape index (κ2) is 7.82. The molecule has 0 aromatic carbocycles. The minimum absolute atomic E-state index is 0.332. The van der Waals surface area contributed by atoms with E-state index < -0.39 is 0 Å². The molecule has 0 spiro atoms. The highest BCUT2D eigenvalue weighted by atomic mass is 32.1. The molecule has 0 radical (unpaired) electrons. The predicted molar refractivity (Wildman–Crippen MR) is 71.2 cm³/mol. The summed E-state index contributed by atoms with van der Waals surface area (Å²) in [6, 6.07) is 2.68. The average Bonchev–Trinajstić information content (AvgIpc) is 2.80. The number of hydrogen-bond donors (Lipinski definition) is 1. The minimum Gasteiger partial charge on any atom is -0.380 e. The first-order chi connectivity index (χ1) is 7.81. The molecule has 0 amide bonds. The highest BCUT2D eigenvalue weighted by molar-refractivity contribution is 7.07. The zero-order chi connectivity index (χ0) is 11.8. The first kappa shape index (κ1) is 13.7. The predicted octanol–water partition coefficient (Wildman–Crippen LogP) is 3.08. The van der Waals surface area contributed by atoms with Crippen LogP contribution in [0.5, 0.6) is 0 Å². The van der Waals surface area contributed by atoms with E-state index in [0.29, 0.717) is 12.1 Å². The van der Waals surface area contributed by atoms with E-state index in [4.69, 9.17) is 4.74 Å². The molecule has 1 aromatic rings. The zero-order valence-corrected chi connectivity index (χ0v) is 11.3. The Kier molecular flexibility index (Phi) is 6.69. The Morgan fingerprint density at radius 3 is 2.75 bits per heavy atom. The second-order valence-corrected chi connectivity index (χ2v) is 4.80. The van der Waals surface area contributed by atoms with Crippen LogP contribution in [0.2, 0.25) is 0 Å². The van der Waals surface area contributed by atoms with Crippen molar-refractivity contribution < 1.29 is 4.74 Å². The van der Waals surface area contributed by atoms with Gasteiger partial charge in [0, 0.05) is 13.2 Å². The van der Waals surface area contributed by atoms with Crippen LogP contribution in [0.15, 0.2) is 16.8 Å². The third-order valence-corrected chi connectivity index (χ3v) is 3.68. The van der Waals surface area contributed by atoms with E-state index in [1.807, 2.05) is 7.11 Å². The number of thiophene rings is 1. The summed E-state index contributed by atoms with van der Waals surface area (Å²) in [5.41, 5.74) is 1.44. The fourth-order valence-electron chi connectivity index (χ4n) is 2.05. The van der Waals surface area contributed by atoms with E-state index in [9.17, 15) is 0 Å². The van der Waals surface area contributed by atoms with Crippen molar-refractivity contribution in [1.82, 2.24) is 5.32 Å². The van der Waals surface area contributed by atoms with Crippen molar-refractivity contribution in [2.24, 2.45) is 0 Å². The number of hydrogen-bond acceptors (Lipinski definition) is 3. The van der Waals surface area contributed by atoms with Gasteiger partial charge in [0.15, 0.2) is 0 Å². The van der Waals surface area contributed by atoms with E-state index >= 15 is 0 Å². The molecule has 0 fully saturated rings. The Labute approximate surface area is 103 Å². The largest absolute Gasteiger partial charge is 0.380 e. The summed E-state index contributed by atoms with van der Waals surface area (Å²) in [4.78, 5) is 0. The van der Waals surface area contributed by atoms with Crippen molar-refractivity contribution >= 4 is 11.3 Å². The molecule has 2 nitrogen and oxygen atoms in total. The lowest BCUT2D eigenvalue weighted by Crippen LogP contribution is -2.40. The maximum Gasteiger partial charge on any atom is 0.0721 e. The van der Waals surface area contributed by atoms with Crippen LogP contribution in [0, 0.1) is 0 Å². The molecular weight excluding hydrogens is 218 g/mol. The smallest absolute Gasteiger partial charge is 0.0721 e. The van der Waals surface area contributed by atoms with Gasteiger partial charge in [-0.3, -0.25) is 0 Å². The van der Waals surface area contributed by atoms with Gasteiger partial charge in [0.2, 0.25) is 0 Å². The molecule has 0 aliphatic heterocycles. The lowest BCUT2D eigenvalue weighted by molar-refractivity contribution is 0.0631. The lowest BCUT2D eigenvalue weighted by atomic mass is 10.0. The van der Waals surface area contributed by atoms with Gasteiger partial charge < -0.3 is 10.1 Å². The van der Waals surface area contributed by atoms with Crippen molar-refractivity contribution in [3.8, 4) is 0 Å². The van der Waals surface area contributed by atoms with Crippen LogP contribution < -0.4 is 5.32 Å². The Hall–Kier alpha value is -0.380. The Bertz CT molecular complexity index is 257. The summed E-state index contributed by atoms with van der Waals surface area (Å²) >= 11 is 1.77. The molecule has 0 saturated heterocycles. The van der Waals surface area contributed by atoms with E-state index in [2.05, 4.69) is 36.0 Å². The Balaban J connectivity index is 2.43. The number of rotatable bonds is 8. The number of aryl methyl sites for hydroxylation is 1. The van der Waals surface area contributed by atoms with E-state index in [-0.39, 0.29) is 0 Å². The van der Waals surface area contributed by atoms with Crippen LogP contribution in [0.25, 0.3) is 0 Å². The van der Waals surface area contributed by atoms with Crippen molar-refractivity contribution in [2.75, 3.05) is 13.7 Å². The molecule has 1 heterocycles. The first-order valence-electron chi connectivity index (χ1n) is 6.09. The molecule has 16 heavy (non-hydrogen) atoms. The summed E-state index contributed by atoms with van der Waals surface area (Å²) < 4.78 is 5.52. The molecule has 3 heteroatoms. The number of nitrogens with one attached hydrogen (secondary N) is 1. The van der Waals surface area contributed by atoms with Crippen LogP contribution in [0.4, 0.5) is 0 Å². The fourth-order valence-corrected chi connectivity index (χ4v) is 2.76. The fraction of sp³-hybridized carbons (Fsp3) is 0.692. The van der Waals surface area contributed by atoms with Gasteiger partial charge in [-0.05, 0) is 48.2 Å². The molecule has 92 valence electrons. The summed E-state index contributed by atoms with van der Waals surface area (Å²) in [5.74, 6) is 0. The molecular formula is C13H23NOS. The average molecular weight is 241 g/mol. The van der Waals surface area contributed by atoms with Gasteiger partial charge in [-0.25, -0.2) is 0 Å². The second-order valence-electron chi connectivity index (χ2n) is 4.02. The SMILES string of the molecule is CCNC(CCc1ccsc1)C(CC)OC. The van der Waals surface area contributed by atoms with E-state index in [1.54, 1.807) is 11.3 Å². The molecule has 2 atom stereocenters. The first-order valence-corrected chi connectivity index (χ1v) is 7.03. The molecule has 0 saturated carbocycles. The number of methoxy groups -OCH3 is 1. The quantitative estimate of drug-likeness (QED) is 0.755.